The average Bonchev–Trinajstić information content (AvgIpc) is 2.62. The highest BCUT2D eigenvalue weighted by atomic mass is 16.4. The molecule has 0 saturated carbocycles. The quantitative estimate of drug-likeness (QED) is 0.140. The Kier molecular flexibility index (Phi) is 11.0. The highest BCUT2D eigenvalue weighted by Gasteiger charge is 2.32. The summed E-state index contributed by atoms with van der Waals surface area (Å²) < 4.78 is 0. The average molecular weight is 433 g/mol. The van der Waals surface area contributed by atoms with Crippen molar-refractivity contribution in [3.63, 3.8) is 0 Å². The monoisotopic (exact) mass is 433 g/mol. The third kappa shape index (κ3) is 9.79. The first-order valence-electron chi connectivity index (χ1n) is 8.83. The van der Waals surface area contributed by atoms with Crippen molar-refractivity contribution in [1.29, 1.82) is 0 Å². The van der Waals surface area contributed by atoms with Gasteiger partial charge in [-0.1, -0.05) is 0 Å². The Morgan fingerprint density at radius 1 is 0.900 bits per heavy atom. The van der Waals surface area contributed by atoms with Crippen LogP contribution in [0.3, 0.4) is 0 Å². The lowest BCUT2D eigenvalue weighted by molar-refractivity contribution is -0.143. The summed E-state index contributed by atoms with van der Waals surface area (Å²) in [5.74, 6) is -6.63. The number of carbonyl (C=O) groups excluding carboxylic acids is 4. The fourth-order valence-corrected chi connectivity index (χ4v) is 2.12. The molecule has 0 heterocycles. The van der Waals surface area contributed by atoms with E-state index >= 15 is 0 Å². The molecule has 5 unspecified atom stereocenters. The van der Waals surface area contributed by atoms with Crippen LogP contribution in [-0.4, -0.2) is 81.2 Å². The van der Waals surface area contributed by atoms with Crippen molar-refractivity contribution >= 4 is 35.6 Å². The summed E-state index contributed by atoms with van der Waals surface area (Å²) in [6.07, 6.45) is -2.71. The minimum atomic E-state index is -1.67. The lowest BCUT2D eigenvalue weighted by Gasteiger charge is -2.25. The topological polar surface area (TPSA) is 251 Å². The van der Waals surface area contributed by atoms with Gasteiger partial charge in [-0.15, -0.1) is 0 Å². The van der Waals surface area contributed by atoms with Crippen LogP contribution in [0, 0.1) is 0 Å². The smallest absolute Gasteiger partial charge is 0.325 e. The molecule has 0 aromatic heterocycles. The molecule has 0 spiro atoms. The van der Waals surface area contributed by atoms with Crippen LogP contribution < -0.4 is 27.4 Å². The van der Waals surface area contributed by atoms with Crippen molar-refractivity contribution in [1.82, 2.24) is 16.0 Å². The number of aliphatic hydroxyl groups excluding tert-OH is 1. The van der Waals surface area contributed by atoms with E-state index in [2.05, 4.69) is 16.0 Å². The molecule has 4 amide bonds. The second kappa shape index (κ2) is 12.3. The van der Waals surface area contributed by atoms with Gasteiger partial charge in [-0.05, 0) is 20.3 Å². The van der Waals surface area contributed by atoms with Crippen molar-refractivity contribution in [2.24, 2.45) is 11.5 Å². The Labute approximate surface area is 171 Å². The number of rotatable bonds is 13. The van der Waals surface area contributed by atoms with Gasteiger partial charge in [0.05, 0.1) is 18.6 Å². The van der Waals surface area contributed by atoms with Gasteiger partial charge in [-0.3, -0.25) is 28.8 Å². The number of aliphatic carboxylic acids is 2. The Balaban J connectivity index is 5.27. The molecule has 0 bridgehead atoms. The summed E-state index contributed by atoms with van der Waals surface area (Å²) >= 11 is 0. The summed E-state index contributed by atoms with van der Waals surface area (Å²) in [5, 5.41) is 33.8. The van der Waals surface area contributed by atoms with E-state index in [9.17, 15) is 33.9 Å². The van der Waals surface area contributed by atoms with Crippen LogP contribution in [0.4, 0.5) is 0 Å². The van der Waals surface area contributed by atoms with Crippen molar-refractivity contribution in [3.05, 3.63) is 0 Å². The van der Waals surface area contributed by atoms with E-state index < -0.39 is 72.3 Å². The molecule has 0 aromatic carbocycles. The predicted octanol–water partition coefficient (Wildman–Crippen LogP) is -4.01. The number of amides is 4. The second-order valence-electron chi connectivity index (χ2n) is 6.57. The molecule has 0 rings (SSSR count). The van der Waals surface area contributed by atoms with Crippen molar-refractivity contribution in [2.45, 2.75) is 63.4 Å². The molecular weight excluding hydrogens is 406 g/mol. The molecule has 30 heavy (non-hydrogen) atoms. The first-order valence-corrected chi connectivity index (χ1v) is 8.83. The van der Waals surface area contributed by atoms with Gasteiger partial charge in [-0.2, -0.15) is 0 Å². The van der Waals surface area contributed by atoms with E-state index in [4.69, 9.17) is 21.7 Å². The van der Waals surface area contributed by atoms with Crippen LogP contribution in [0.1, 0.15) is 33.1 Å². The number of nitrogens with two attached hydrogens (primary N) is 2. The van der Waals surface area contributed by atoms with Crippen LogP contribution in [0.2, 0.25) is 0 Å². The minimum Gasteiger partial charge on any atom is -0.481 e. The molecule has 0 saturated heterocycles. The highest BCUT2D eigenvalue weighted by molar-refractivity contribution is 5.95. The molecule has 0 aromatic rings. The SMILES string of the molecule is CC(NC(=O)C(NC(=O)C(CC(=O)O)NC(=O)C(N)CCC(N)=O)C(C)O)C(=O)O. The normalized spacial score (nSPS) is 15.6. The number of carboxylic acids is 2. The van der Waals surface area contributed by atoms with Crippen LogP contribution >= 0.6 is 0 Å². The third-order valence-corrected chi connectivity index (χ3v) is 3.84. The van der Waals surface area contributed by atoms with E-state index in [-0.39, 0.29) is 12.8 Å². The van der Waals surface area contributed by atoms with Gasteiger partial charge in [0, 0.05) is 6.42 Å². The van der Waals surface area contributed by atoms with Gasteiger partial charge in [0.1, 0.15) is 18.1 Å². The molecule has 5 atom stereocenters. The number of carboxylic acid groups (broad SMARTS) is 2. The lowest BCUT2D eigenvalue weighted by atomic mass is 10.1. The summed E-state index contributed by atoms with van der Waals surface area (Å²) in [7, 11) is 0. The number of hydrogen-bond donors (Lipinski definition) is 8. The van der Waals surface area contributed by atoms with Crippen LogP contribution in [0.25, 0.3) is 0 Å². The number of primary amides is 1. The Morgan fingerprint density at radius 2 is 1.47 bits per heavy atom. The van der Waals surface area contributed by atoms with E-state index in [0.29, 0.717) is 0 Å². The molecule has 0 aliphatic heterocycles. The van der Waals surface area contributed by atoms with Gasteiger partial charge in [0.25, 0.3) is 0 Å². The zero-order valence-corrected chi connectivity index (χ0v) is 16.5. The Hall–Kier alpha value is -3.26. The van der Waals surface area contributed by atoms with Gasteiger partial charge >= 0.3 is 11.9 Å². The highest BCUT2D eigenvalue weighted by Crippen LogP contribution is 2.02. The van der Waals surface area contributed by atoms with E-state index in [1.807, 2.05) is 0 Å². The zero-order chi connectivity index (χ0) is 23.6. The van der Waals surface area contributed by atoms with Gasteiger partial charge in [0.15, 0.2) is 0 Å². The zero-order valence-electron chi connectivity index (χ0n) is 16.5. The lowest BCUT2D eigenvalue weighted by Crippen LogP contribution is -2.59. The molecule has 170 valence electrons. The molecule has 14 heteroatoms. The van der Waals surface area contributed by atoms with Crippen molar-refractivity contribution in [3.8, 4) is 0 Å². The van der Waals surface area contributed by atoms with E-state index in [0.717, 1.165) is 13.8 Å². The molecular formula is C16H27N5O9. The summed E-state index contributed by atoms with van der Waals surface area (Å²) in [6, 6.07) is -5.88. The number of carbonyl (C=O) groups is 6. The molecule has 0 radical (unpaired) electrons. The maximum absolute atomic E-state index is 12.4. The predicted molar refractivity (Wildman–Crippen MR) is 99.4 cm³/mol. The summed E-state index contributed by atoms with van der Waals surface area (Å²) in [4.78, 5) is 69.3. The van der Waals surface area contributed by atoms with Gasteiger partial charge in [-0.25, -0.2) is 0 Å². The molecule has 0 fully saturated rings. The van der Waals surface area contributed by atoms with Crippen LogP contribution in [0.15, 0.2) is 0 Å². The molecule has 10 N–H and O–H groups in total. The third-order valence-electron chi connectivity index (χ3n) is 3.84. The summed E-state index contributed by atoms with van der Waals surface area (Å²) in [6.45, 7) is 2.29. The molecule has 14 nitrogen and oxygen atoms in total. The largest absolute Gasteiger partial charge is 0.481 e. The Morgan fingerprint density at radius 3 is 1.90 bits per heavy atom. The second-order valence-corrected chi connectivity index (χ2v) is 6.57. The van der Waals surface area contributed by atoms with E-state index in [1.165, 1.54) is 0 Å². The Bertz CT molecular complexity index is 682. The first-order chi connectivity index (χ1) is 13.8. The van der Waals surface area contributed by atoms with Crippen LogP contribution in [-0.2, 0) is 28.8 Å². The number of hydrogen-bond acceptors (Lipinski definition) is 8. The van der Waals surface area contributed by atoms with E-state index in [1.54, 1.807) is 0 Å². The summed E-state index contributed by atoms with van der Waals surface area (Å²) in [5.41, 5.74) is 10.5. The van der Waals surface area contributed by atoms with Crippen molar-refractivity contribution in [2.75, 3.05) is 0 Å². The van der Waals surface area contributed by atoms with Gasteiger partial charge in [0.2, 0.25) is 23.6 Å². The maximum atomic E-state index is 12.4. The number of aliphatic hydroxyl groups is 1. The number of nitrogens with one attached hydrogen (secondary N) is 3. The van der Waals surface area contributed by atoms with Gasteiger partial charge < -0.3 is 42.7 Å². The molecule has 0 aliphatic carbocycles. The minimum absolute atomic E-state index is 0.144. The molecule has 0 aliphatic rings. The van der Waals surface area contributed by atoms with Crippen molar-refractivity contribution < 1.29 is 44.1 Å². The van der Waals surface area contributed by atoms with Crippen LogP contribution in [0.5, 0.6) is 0 Å². The standard InChI is InChI=1S/C16H27N5O9/c1-6(16(29)30)19-15(28)12(7(2)22)21-14(27)9(5-11(24)25)20-13(26)8(17)3-4-10(18)23/h6-9,12,22H,3-5,17H2,1-2H3,(H2,18,23)(H,19,28)(H,20,26)(H,21,27)(H,24,25)(H,29,30). The first kappa shape index (κ1) is 26.7. The fraction of sp³-hybridized carbons (Fsp3) is 0.625. The fourth-order valence-electron chi connectivity index (χ4n) is 2.12. The maximum Gasteiger partial charge on any atom is 0.325 e.